The van der Waals surface area contributed by atoms with Gasteiger partial charge in [-0.15, -0.1) is 0 Å². The molecule has 4 nitrogen and oxygen atoms in total. The average molecular weight is 293 g/mol. The zero-order valence-corrected chi connectivity index (χ0v) is 12.9. The normalized spacial score (nSPS) is 21.7. The smallest absolute Gasteiger partial charge is 0.253 e. The Hall–Kier alpha value is -1.36. The first-order valence-electron chi connectivity index (χ1n) is 7.13. The minimum absolute atomic E-state index is 0.0787. The van der Waals surface area contributed by atoms with Crippen molar-refractivity contribution in [2.45, 2.75) is 37.5 Å². The summed E-state index contributed by atoms with van der Waals surface area (Å²) in [7, 11) is 1.64. The summed E-state index contributed by atoms with van der Waals surface area (Å²) < 4.78 is 0. The van der Waals surface area contributed by atoms with Gasteiger partial charge in [0.2, 0.25) is 0 Å². The summed E-state index contributed by atoms with van der Waals surface area (Å²) in [5, 5.41) is 6.91. The molecule has 20 heavy (non-hydrogen) atoms. The number of anilines is 2. The van der Waals surface area contributed by atoms with E-state index in [1.165, 1.54) is 12.2 Å². The van der Waals surface area contributed by atoms with E-state index in [0.29, 0.717) is 17.3 Å². The minimum Gasteiger partial charge on any atom is -0.399 e. The molecule has 1 fully saturated rings. The zero-order chi connectivity index (χ0) is 14.5. The molecule has 0 spiro atoms. The minimum atomic E-state index is -0.0787. The highest BCUT2D eigenvalue weighted by molar-refractivity contribution is 7.99. The third kappa shape index (κ3) is 3.60. The summed E-state index contributed by atoms with van der Waals surface area (Å²) in [4.78, 5) is 11.9. The molecular formula is C15H23N3OS. The summed E-state index contributed by atoms with van der Waals surface area (Å²) in [5.74, 6) is 1.09. The van der Waals surface area contributed by atoms with Crippen LogP contribution in [-0.2, 0) is 0 Å². The number of nitrogens with two attached hydrogens (primary N) is 1. The topological polar surface area (TPSA) is 67.1 Å². The number of nitrogens with one attached hydrogen (secondary N) is 2. The molecule has 1 aromatic carbocycles. The fourth-order valence-corrected chi connectivity index (χ4v) is 3.83. The predicted octanol–water partition coefficient (Wildman–Crippen LogP) is 2.71. The molecule has 2 rings (SSSR count). The second kappa shape index (κ2) is 6.88. The maximum Gasteiger partial charge on any atom is 0.253 e. The first-order valence-corrected chi connectivity index (χ1v) is 8.18. The number of benzene rings is 1. The first-order chi connectivity index (χ1) is 9.63. The van der Waals surface area contributed by atoms with Crippen molar-refractivity contribution in [1.29, 1.82) is 0 Å². The lowest BCUT2D eigenvalue weighted by molar-refractivity contribution is 0.0964. The number of nitrogen functional groups attached to an aromatic ring is 1. The van der Waals surface area contributed by atoms with Crippen LogP contribution in [0.25, 0.3) is 0 Å². The van der Waals surface area contributed by atoms with E-state index in [2.05, 4.69) is 17.6 Å². The van der Waals surface area contributed by atoms with E-state index < -0.39 is 0 Å². The fourth-order valence-electron chi connectivity index (χ4n) is 2.69. The van der Waals surface area contributed by atoms with Gasteiger partial charge in [-0.2, -0.15) is 11.8 Å². The van der Waals surface area contributed by atoms with Crippen molar-refractivity contribution in [3.8, 4) is 0 Å². The molecule has 5 heteroatoms. The molecule has 1 amide bonds. The lowest BCUT2D eigenvalue weighted by atomic mass is 10.1. The fraction of sp³-hybridized carbons (Fsp3) is 0.533. The van der Waals surface area contributed by atoms with Crippen molar-refractivity contribution in [3.05, 3.63) is 23.8 Å². The summed E-state index contributed by atoms with van der Waals surface area (Å²) >= 11 is 2.03. The monoisotopic (exact) mass is 293 g/mol. The maximum atomic E-state index is 11.9. The Balaban J connectivity index is 2.09. The van der Waals surface area contributed by atoms with Gasteiger partial charge in [-0.05, 0) is 43.2 Å². The third-order valence-corrected chi connectivity index (χ3v) is 4.89. The van der Waals surface area contributed by atoms with Gasteiger partial charge in [0.05, 0.1) is 5.56 Å². The van der Waals surface area contributed by atoms with Crippen LogP contribution in [0.5, 0.6) is 0 Å². The number of hydrogen-bond donors (Lipinski definition) is 3. The van der Waals surface area contributed by atoms with Gasteiger partial charge in [0, 0.05) is 29.7 Å². The van der Waals surface area contributed by atoms with Gasteiger partial charge in [-0.3, -0.25) is 4.79 Å². The standard InChI is InChI=1S/C15H23N3OS/c1-3-20-12-6-5-11(9-12)18-14-8-10(16)4-7-13(14)15(19)17-2/h4,7-8,11-12,18H,3,5-6,9,16H2,1-2H3,(H,17,19). The molecule has 0 bridgehead atoms. The number of hydrogen-bond acceptors (Lipinski definition) is 4. The van der Waals surface area contributed by atoms with Crippen molar-refractivity contribution < 1.29 is 4.79 Å². The van der Waals surface area contributed by atoms with Crippen molar-refractivity contribution in [3.63, 3.8) is 0 Å². The molecule has 1 aliphatic carbocycles. The van der Waals surface area contributed by atoms with E-state index in [-0.39, 0.29) is 5.91 Å². The lowest BCUT2D eigenvalue weighted by Crippen LogP contribution is -2.23. The van der Waals surface area contributed by atoms with Crippen LogP contribution in [0.1, 0.15) is 36.5 Å². The van der Waals surface area contributed by atoms with Crippen LogP contribution in [0.3, 0.4) is 0 Å². The molecule has 0 aromatic heterocycles. The molecule has 4 N–H and O–H groups in total. The molecule has 1 saturated carbocycles. The van der Waals surface area contributed by atoms with Crippen LogP contribution < -0.4 is 16.4 Å². The van der Waals surface area contributed by atoms with E-state index in [9.17, 15) is 4.79 Å². The summed E-state index contributed by atoms with van der Waals surface area (Å²) in [6.45, 7) is 2.20. The van der Waals surface area contributed by atoms with Crippen LogP contribution in [0, 0.1) is 0 Å². The van der Waals surface area contributed by atoms with Crippen LogP contribution in [-0.4, -0.2) is 30.0 Å². The Morgan fingerprint density at radius 3 is 2.95 bits per heavy atom. The average Bonchev–Trinajstić information content (AvgIpc) is 2.86. The van der Waals surface area contributed by atoms with E-state index in [4.69, 9.17) is 5.73 Å². The Morgan fingerprint density at radius 1 is 1.45 bits per heavy atom. The SMILES string of the molecule is CCSC1CCC(Nc2cc(N)ccc2C(=O)NC)C1. The van der Waals surface area contributed by atoms with Gasteiger partial charge in [-0.1, -0.05) is 6.92 Å². The van der Waals surface area contributed by atoms with Gasteiger partial charge in [0.25, 0.3) is 5.91 Å². The highest BCUT2D eigenvalue weighted by Crippen LogP contribution is 2.32. The number of rotatable bonds is 5. The van der Waals surface area contributed by atoms with Gasteiger partial charge >= 0.3 is 0 Å². The first kappa shape index (κ1) is 15.0. The van der Waals surface area contributed by atoms with E-state index in [0.717, 1.165) is 23.8 Å². The molecule has 0 aliphatic heterocycles. The van der Waals surface area contributed by atoms with Crippen LogP contribution in [0.4, 0.5) is 11.4 Å². The van der Waals surface area contributed by atoms with Gasteiger partial charge in [-0.25, -0.2) is 0 Å². The van der Waals surface area contributed by atoms with Crippen molar-refractivity contribution in [1.82, 2.24) is 5.32 Å². The molecule has 0 saturated heterocycles. The van der Waals surface area contributed by atoms with Gasteiger partial charge in [0.15, 0.2) is 0 Å². The second-order valence-electron chi connectivity index (χ2n) is 5.12. The Labute approximate surface area is 124 Å². The van der Waals surface area contributed by atoms with Crippen LogP contribution >= 0.6 is 11.8 Å². The van der Waals surface area contributed by atoms with Gasteiger partial charge < -0.3 is 16.4 Å². The van der Waals surface area contributed by atoms with Crippen molar-refractivity contribution >= 4 is 29.0 Å². The van der Waals surface area contributed by atoms with E-state index in [1.54, 1.807) is 19.2 Å². The van der Waals surface area contributed by atoms with Gasteiger partial charge in [0.1, 0.15) is 0 Å². The summed E-state index contributed by atoms with van der Waals surface area (Å²) in [5.41, 5.74) is 8.03. The molecular weight excluding hydrogens is 270 g/mol. The Morgan fingerprint density at radius 2 is 2.25 bits per heavy atom. The van der Waals surface area contributed by atoms with Crippen LogP contribution in [0.15, 0.2) is 18.2 Å². The number of thioether (sulfide) groups is 1. The molecule has 0 heterocycles. The quantitative estimate of drug-likeness (QED) is 0.730. The number of carbonyl (C=O) groups excluding carboxylic acids is 1. The van der Waals surface area contributed by atoms with Crippen LogP contribution in [0.2, 0.25) is 0 Å². The molecule has 110 valence electrons. The third-order valence-electron chi connectivity index (χ3n) is 3.66. The molecule has 1 aromatic rings. The lowest BCUT2D eigenvalue weighted by Gasteiger charge is -2.17. The Kier molecular flexibility index (Phi) is 5.17. The number of carbonyl (C=O) groups is 1. The predicted molar refractivity (Wildman–Crippen MR) is 87.4 cm³/mol. The van der Waals surface area contributed by atoms with Crippen molar-refractivity contribution in [2.75, 3.05) is 23.9 Å². The second-order valence-corrected chi connectivity index (χ2v) is 6.69. The zero-order valence-electron chi connectivity index (χ0n) is 12.1. The largest absolute Gasteiger partial charge is 0.399 e. The molecule has 2 unspecified atom stereocenters. The summed E-state index contributed by atoms with van der Waals surface area (Å²) in [6, 6.07) is 5.83. The highest BCUT2D eigenvalue weighted by Gasteiger charge is 2.25. The molecule has 0 radical (unpaired) electrons. The molecule has 1 aliphatic rings. The highest BCUT2D eigenvalue weighted by atomic mass is 32.2. The van der Waals surface area contributed by atoms with E-state index >= 15 is 0 Å². The maximum absolute atomic E-state index is 11.9. The summed E-state index contributed by atoms with van der Waals surface area (Å²) in [6.07, 6.45) is 3.55. The molecule has 2 atom stereocenters. The van der Waals surface area contributed by atoms with E-state index in [1.807, 2.05) is 17.8 Å². The van der Waals surface area contributed by atoms with Crippen molar-refractivity contribution in [2.24, 2.45) is 0 Å². The Bertz CT molecular complexity index is 478. The number of amides is 1.